The molecule has 0 aliphatic rings. The molecule has 1 aromatic carbocycles. The van der Waals surface area contributed by atoms with Gasteiger partial charge in [-0.05, 0) is 37.1 Å². The van der Waals surface area contributed by atoms with Gasteiger partial charge in [-0.15, -0.1) is 0 Å². The van der Waals surface area contributed by atoms with Crippen molar-refractivity contribution in [3.8, 4) is 0 Å². The first kappa shape index (κ1) is 13.8. The molecule has 0 fully saturated rings. The van der Waals surface area contributed by atoms with E-state index in [-0.39, 0.29) is 5.91 Å². The van der Waals surface area contributed by atoms with E-state index in [0.29, 0.717) is 12.1 Å². The van der Waals surface area contributed by atoms with E-state index in [0.717, 1.165) is 23.0 Å². The summed E-state index contributed by atoms with van der Waals surface area (Å²) in [6, 6.07) is 7.61. The highest BCUT2D eigenvalue weighted by molar-refractivity contribution is 9.10. The number of halogens is 1. The van der Waals surface area contributed by atoms with Gasteiger partial charge in [0.15, 0.2) is 0 Å². The van der Waals surface area contributed by atoms with Crippen molar-refractivity contribution in [3.63, 3.8) is 0 Å². The Bertz CT molecular complexity index is 552. The van der Waals surface area contributed by atoms with Crippen LogP contribution in [-0.2, 0) is 6.54 Å². The predicted octanol–water partition coefficient (Wildman–Crippen LogP) is 2.77. The lowest BCUT2D eigenvalue weighted by atomic mass is 10.1. The summed E-state index contributed by atoms with van der Waals surface area (Å²) in [4.78, 5) is 12.0. The van der Waals surface area contributed by atoms with Crippen LogP contribution >= 0.6 is 15.9 Å². The lowest BCUT2D eigenvalue weighted by molar-refractivity contribution is 0.0952. The topological polar surface area (TPSA) is 46.9 Å². The number of carbonyl (C=O) groups excluding carboxylic acids is 1. The standard InChI is InChI=1S/C14H16BrN3O/c1-11-4-5-12(15)10-13(11)14(19)16-6-2-8-18-9-3-7-17-18/h3-5,7,9-10H,2,6,8H2,1H3,(H,16,19). The lowest BCUT2D eigenvalue weighted by Gasteiger charge is -2.08. The quantitative estimate of drug-likeness (QED) is 0.861. The highest BCUT2D eigenvalue weighted by Gasteiger charge is 2.08. The number of aromatic nitrogens is 2. The van der Waals surface area contributed by atoms with Crippen molar-refractivity contribution in [2.75, 3.05) is 6.54 Å². The van der Waals surface area contributed by atoms with Crippen molar-refractivity contribution in [2.24, 2.45) is 0 Å². The van der Waals surface area contributed by atoms with Crippen molar-refractivity contribution < 1.29 is 4.79 Å². The fourth-order valence-corrected chi connectivity index (χ4v) is 2.17. The van der Waals surface area contributed by atoms with Crippen molar-refractivity contribution in [3.05, 3.63) is 52.3 Å². The monoisotopic (exact) mass is 321 g/mol. The summed E-state index contributed by atoms with van der Waals surface area (Å²) in [6.45, 7) is 3.39. The number of amides is 1. The highest BCUT2D eigenvalue weighted by Crippen LogP contribution is 2.15. The molecule has 19 heavy (non-hydrogen) atoms. The number of hydrogen-bond acceptors (Lipinski definition) is 2. The molecule has 5 heteroatoms. The van der Waals surface area contributed by atoms with Crippen molar-refractivity contribution in [1.82, 2.24) is 15.1 Å². The molecule has 1 amide bonds. The molecular weight excluding hydrogens is 306 g/mol. The molecule has 0 atom stereocenters. The summed E-state index contributed by atoms with van der Waals surface area (Å²) in [6.07, 6.45) is 4.53. The predicted molar refractivity (Wildman–Crippen MR) is 78.1 cm³/mol. The average Bonchev–Trinajstić information content (AvgIpc) is 2.90. The molecule has 1 N–H and O–H groups in total. The van der Waals surface area contributed by atoms with Gasteiger partial charge in [0, 0.05) is 35.5 Å². The van der Waals surface area contributed by atoms with E-state index < -0.39 is 0 Å². The molecule has 0 spiro atoms. The van der Waals surface area contributed by atoms with E-state index in [1.54, 1.807) is 6.20 Å². The number of aryl methyl sites for hydroxylation is 2. The smallest absolute Gasteiger partial charge is 0.251 e. The van der Waals surface area contributed by atoms with Crippen LogP contribution in [0.15, 0.2) is 41.1 Å². The Kier molecular flexibility index (Phi) is 4.74. The third-order valence-electron chi connectivity index (χ3n) is 2.85. The van der Waals surface area contributed by atoms with Crippen LogP contribution < -0.4 is 5.32 Å². The number of nitrogens with zero attached hydrogens (tertiary/aromatic N) is 2. The lowest BCUT2D eigenvalue weighted by Crippen LogP contribution is -2.26. The zero-order chi connectivity index (χ0) is 13.7. The maximum Gasteiger partial charge on any atom is 0.251 e. The Labute approximate surface area is 120 Å². The summed E-state index contributed by atoms with van der Waals surface area (Å²) in [5.74, 6) is -0.0285. The SMILES string of the molecule is Cc1ccc(Br)cc1C(=O)NCCCn1cccn1. The largest absolute Gasteiger partial charge is 0.352 e. The van der Waals surface area contributed by atoms with Gasteiger partial charge >= 0.3 is 0 Å². The second kappa shape index (κ2) is 6.52. The zero-order valence-electron chi connectivity index (χ0n) is 10.8. The summed E-state index contributed by atoms with van der Waals surface area (Å²) < 4.78 is 2.77. The van der Waals surface area contributed by atoms with Crippen LogP contribution in [0.3, 0.4) is 0 Å². The average molecular weight is 322 g/mol. The first-order valence-electron chi connectivity index (χ1n) is 6.18. The molecule has 0 radical (unpaired) electrons. The van der Waals surface area contributed by atoms with Crippen LogP contribution in [0, 0.1) is 6.92 Å². The molecule has 0 aliphatic heterocycles. The minimum Gasteiger partial charge on any atom is -0.352 e. The molecule has 2 rings (SSSR count). The van der Waals surface area contributed by atoms with Crippen LogP contribution in [0.2, 0.25) is 0 Å². The van der Waals surface area contributed by atoms with Gasteiger partial charge in [-0.3, -0.25) is 9.48 Å². The van der Waals surface area contributed by atoms with Crippen LogP contribution in [0.5, 0.6) is 0 Å². The molecule has 1 aromatic heterocycles. The number of benzene rings is 1. The number of carbonyl (C=O) groups is 1. The Morgan fingerprint density at radius 3 is 3.05 bits per heavy atom. The highest BCUT2D eigenvalue weighted by atomic mass is 79.9. The summed E-state index contributed by atoms with van der Waals surface area (Å²) in [5, 5.41) is 7.04. The first-order chi connectivity index (χ1) is 9.16. The molecule has 4 nitrogen and oxygen atoms in total. The maximum atomic E-state index is 12.0. The molecule has 2 aromatic rings. The molecule has 1 heterocycles. The van der Waals surface area contributed by atoms with Crippen molar-refractivity contribution in [2.45, 2.75) is 19.9 Å². The molecule has 0 unspecified atom stereocenters. The molecule has 0 saturated carbocycles. The third kappa shape index (κ3) is 3.92. The molecule has 0 saturated heterocycles. The van der Waals surface area contributed by atoms with Crippen molar-refractivity contribution >= 4 is 21.8 Å². The Balaban J connectivity index is 1.82. The Morgan fingerprint density at radius 2 is 2.32 bits per heavy atom. The van der Waals surface area contributed by atoms with Gasteiger partial charge in [0.2, 0.25) is 0 Å². The van der Waals surface area contributed by atoms with Gasteiger partial charge in [-0.25, -0.2) is 0 Å². The van der Waals surface area contributed by atoms with Crippen LogP contribution in [-0.4, -0.2) is 22.2 Å². The number of hydrogen-bond donors (Lipinski definition) is 1. The van der Waals surface area contributed by atoms with Gasteiger partial charge in [-0.1, -0.05) is 22.0 Å². The van der Waals surface area contributed by atoms with E-state index in [1.807, 2.05) is 42.1 Å². The van der Waals surface area contributed by atoms with Gasteiger partial charge in [-0.2, -0.15) is 5.10 Å². The minimum absolute atomic E-state index is 0.0285. The summed E-state index contributed by atoms with van der Waals surface area (Å²) in [7, 11) is 0. The number of rotatable bonds is 5. The maximum absolute atomic E-state index is 12.0. The molecule has 100 valence electrons. The molecular formula is C14H16BrN3O. The van der Waals surface area contributed by atoms with Gasteiger partial charge in [0.05, 0.1) is 0 Å². The van der Waals surface area contributed by atoms with Gasteiger partial charge in [0.25, 0.3) is 5.91 Å². The molecule has 0 aliphatic carbocycles. The van der Waals surface area contributed by atoms with E-state index in [9.17, 15) is 4.79 Å². The van der Waals surface area contributed by atoms with Gasteiger partial charge in [0.1, 0.15) is 0 Å². The van der Waals surface area contributed by atoms with Crippen LogP contribution in [0.4, 0.5) is 0 Å². The Hall–Kier alpha value is -1.62. The van der Waals surface area contributed by atoms with Crippen molar-refractivity contribution in [1.29, 1.82) is 0 Å². The van der Waals surface area contributed by atoms with Crippen LogP contribution in [0.1, 0.15) is 22.3 Å². The first-order valence-corrected chi connectivity index (χ1v) is 6.98. The fraction of sp³-hybridized carbons (Fsp3) is 0.286. The summed E-state index contributed by atoms with van der Waals surface area (Å²) >= 11 is 3.38. The fourth-order valence-electron chi connectivity index (χ4n) is 1.81. The van der Waals surface area contributed by atoms with Gasteiger partial charge < -0.3 is 5.32 Å². The molecule has 0 bridgehead atoms. The Morgan fingerprint density at radius 1 is 1.47 bits per heavy atom. The minimum atomic E-state index is -0.0285. The van der Waals surface area contributed by atoms with E-state index in [4.69, 9.17) is 0 Å². The van der Waals surface area contributed by atoms with E-state index >= 15 is 0 Å². The second-order valence-corrected chi connectivity index (χ2v) is 5.25. The van der Waals surface area contributed by atoms with Crippen LogP contribution in [0.25, 0.3) is 0 Å². The second-order valence-electron chi connectivity index (χ2n) is 4.34. The third-order valence-corrected chi connectivity index (χ3v) is 3.35. The normalized spacial score (nSPS) is 10.4. The summed E-state index contributed by atoms with van der Waals surface area (Å²) in [5.41, 5.74) is 1.70. The van der Waals surface area contributed by atoms with E-state index in [2.05, 4.69) is 26.3 Å². The zero-order valence-corrected chi connectivity index (χ0v) is 12.4. The van der Waals surface area contributed by atoms with E-state index in [1.165, 1.54) is 0 Å². The number of nitrogens with one attached hydrogen (secondary N) is 1.